The van der Waals surface area contributed by atoms with Crippen LogP contribution in [-0.4, -0.2) is 43.8 Å². The summed E-state index contributed by atoms with van der Waals surface area (Å²) in [6.45, 7) is 1.72. The van der Waals surface area contributed by atoms with Crippen LogP contribution in [0.1, 0.15) is 11.1 Å². The van der Waals surface area contributed by atoms with Crippen molar-refractivity contribution >= 4 is 10.2 Å². The Balaban J connectivity index is 1.98. The van der Waals surface area contributed by atoms with Gasteiger partial charge in [0, 0.05) is 32.7 Å². The van der Waals surface area contributed by atoms with Gasteiger partial charge >= 0.3 is 6.18 Å². The van der Waals surface area contributed by atoms with E-state index < -0.39 is 21.9 Å². The van der Waals surface area contributed by atoms with E-state index in [1.165, 1.54) is 6.07 Å². The highest BCUT2D eigenvalue weighted by atomic mass is 32.2. The molecular weight excluding hydrogens is 307 g/mol. The predicted octanol–water partition coefficient (Wildman–Crippen LogP) is 1.03. The molecule has 0 aliphatic carbocycles. The molecule has 1 aliphatic heterocycles. The number of hydrogen-bond acceptors (Lipinski definition) is 3. The van der Waals surface area contributed by atoms with Crippen molar-refractivity contribution in [1.29, 1.82) is 0 Å². The van der Waals surface area contributed by atoms with Crippen molar-refractivity contribution in [3.8, 4) is 0 Å². The molecule has 1 fully saturated rings. The fourth-order valence-corrected chi connectivity index (χ4v) is 2.92. The van der Waals surface area contributed by atoms with Gasteiger partial charge in [-0.2, -0.15) is 25.9 Å². The summed E-state index contributed by atoms with van der Waals surface area (Å²) >= 11 is 0. The first-order valence-electron chi connectivity index (χ1n) is 6.32. The molecule has 0 atom stereocenters. The lowest BCUT2D eigenvalue weighted by Crippen LogP contribution is -2.50. The van der Waals surface area contributed by atoms with Crippen LogP contribution in [-0.2, 0) is 22.9 Å². The van der Waals surface area contributed by atoms with Crippen molar-refractivity contribution in [3.05, 3.63) is 35.4 Å². The Morgan fingerprint density at radius 3 is 2.29 bits per heavy atom. The number of rotatable bonds is 3. The van der Waals surface area contributed by atoms with Gasteiger partial charge in [0.1, 0.15) is 0 Å². The molecule has 1 aromatic carbocycles. The molecule has 0 radical (unpaired) electrons. The molecular formula is C12H16F3N3O2S. The summed E-state index contributed by atoms with van der Waals surface area (Å²) in [5.74, 6) is 0. The van der Waals surface area contributed by atoms with Crippen LogP contribution < -0.4 is 5.14 Å². The lowest BCUT2D eigenvalue weighted by Gasteiger charge is -2.32. The van der Waals surface area contributed by atoms with E-state index in [0.29, 0.717) is 25.2 Å². The second-order valence-corrected chi connectivity index (χ2v) is 6.46. The number of nitrogens with two attached hydrogens (primary N) is 1. The second kappa shape index (κ2) is 5.91. The summed E-state index contributed by atoms with van der Waals surface area (Å²) in [5, 5.41) is 5.03. The molecule has 1 aromatic rings. The molecule has 0 spiro atoms. The summed E-state index contributed by atoms with van der Waals surface area (Å²) in [5.41, 5.74) is -0.128. The number of halogens is 3. The monoisotopic (exact) mass is 323 g/mol. The van der Waals surface area contributed by atoms with Crippen LogP contribution in [0.25, 0.3) is 0 Å². The molecule has 2 N–H and O–H groups in total. The lowest BCUT2D eigenvalue weighted by molar-refractivity contribution is -0.137. The third-order valence-corrected chi connectivity index (χ3v) is 4.44. The highest BCUT2D eigenvalue weighted by Gasteiger charge is 2.30. The summed E-state index contributed by atoms with van der Waals surface area (Å²) in [4.78, 5) is 1.90. The lowest BCUT2D eigenvalue weighted by atomic mass is 10.1. The van der Waals surface area contributed by atoms with Crippen molar-refractivity contribution in [1.82, 2.24) is 9.21 Å². The highest BCUT2D eigenvalue weighted by molar-refractivity contribution is 7.86. The Hall–Kier alpha value is -1.16. The van der Waals surface area contributed by atoms with Crippen LogP contribution in [0.5, 0.6) is 0 Å². The second-order valence-electron chi connectivity index (χ2n) is 4.92. The maximum atomic E-state index is 12.6. The summed E-state index contributed by atoms with van der Waals surface area (Å²) in [6.07, 6.45) is -4.36. The van der Waals surface area contributed by atoms with Crippen LogP contribution in [0.15, 0.2) is 24.3 Å². The molecule has 5 nitrogen and oxygen atoms in total. The van der Waals surface area contributed by atoms with E-state index >= 15 is 0 Å². The van der Waals surface area contributed by atoms with E-state index in [4.69, 9.17) is 5.14 Å². The van der Waals surface area contributed by atoms with Crippen molar-refractivity contribution in [2.24, 2.45) is 5.14 Å². The van der Waals surface area contributed by atoms with E-state index in [0.717, 1.165) is 16.4 Å². The Morgan fingerprint density at radius 1 is 1.14 bits per heavy atom. The zero-order valence-electron chi connectivity index (χ0n) is 11.2. The Morgan fingerprint density at radius 2 is 1.76 bits per heavy atom. The van der Waals surface area contributed by atoms with Crippen LogP contribution in [0.4, 0.5) is 13.2 Å². The molecule has 21 heavy (non-hydrogen) atoms. The summed E-state index contributed by atoms with van der Waals surface area (Å²) in [6, 6.07) is 5.15. The van der Waals surface area contributed by atoms with E-state index in [1.807, 2.05) is 4.90 Å². The molecule has 0 bridgehead atoms. The number of piperazine rings is 1. The smallest absolute Gasteiger partial charge is 0.296 e. The average molecular weight is 323 g/mol. The molecule has 2 rings (SSSR count). The topological polar surface area (TPSA) is 66.6 Å². The normalized spacial score (nSPS) is 18.9. The minimum absolute atomic E-state index is 0.248. The van der Waals surface area contributed by atoms with Gasteiger partial charge in [0.15, 0.2) is 0 Å². The van der Waals surface area contributed by atoms with Crippen molar-refractivity contribution in [3.63, 3.8) is 0 Å². The van der Waals surface area contributed by atoms with Crippen molar-refractivity contribution < 1.29 is 21.6 Å². The third-order valence-electron chi connectivity index (χ3n) is 3.35. The van der Waals surface area contributed by atoms with Crippen LogP contribution in [0, 0.1) is 0 Å². The fraction of sp³-hybridized carbons (Fsp3) is 0.500. The van der Waals surface area contributed by atoms with Crippen LogP contribution in [0.2, 0.25) is 0 Å². The van der Waals surface area contributed by atoms with Gasteiger partial charge in [0.2, 0.25) is 0 Å². The third kappa shape index (κ3) is 4.40. The van der Waals surface area contributed by atoms with E-state index in [2.05, 4.69) is 0 Å². The van der Waals surface area contributed by atoms with Gasteiger partial charge in [-0.1, -0.05) is 18.2 Å². The van der Waals surface area contributed by atoms with Gasteiger partial charge in [-0.3, -0.25) is 4.90 Å². The molecule has 0 saturated carbocycles. The number of hydrogen-bond donors (Lipinski definition) is 1. The molecule has 9 heteroatoms. The molecule has 1 aliphatic rings. The molecule has 0 amide bonds. The Bertz CT molecular complexity index is 596. The molecule has 1 heterocycles. The van der Waals surface area contributed by atoms with Crippen molar-refractivity contribution in [2.45, 2.75) is 12.7 Å². The first-order chi connectivity index (χ1) is 9.66. The quantitative estimate of drug-likeness (QED) is 0.903. The van der Waals surface area contributed by atoms with Gasteiger partial charge in [0.05, 0.1) is 5.56 Å². The highest BCUT2D eigenvalue weighted by Crippen LogP contribution is 2.29. The maximum Gasteiger partial charge on any atom is 0.416 e. The van der Waals surface area contributed by atoms with Crippen LogP contribution in [0.3, 0.4) is 0 Å². The Labute approximate surface area is 121 Å². The molecule has 1 saturated heterocycles. The van der Waals surface area contributed by atoms with E-state index in [1.54, 1.807) is 6.07 Å². The SMILES string of the molecule is NS(=O)(=O)N1CCN(Cc2cccc(C(F)(F)F)c2)CC1. The predicted molar refractivity (Wildman–Crippen MR) is 71.4 cm³/mol. The van der Waals surface area contributed by atoms with Gasteiger partial charge < -0.3 is 0 Å². The van der Waals surface area contributed by atoms with Gasteiger partial charge in [-0.05, 0) is 11.6 Å². The summed E-state index contributed by atoms with van der Waals surface area (Å²) in [7, 11) is -3.69. The van der Waals surface area contributed by atoms with Gasteiger partial charge in [-0.15, -0.1) is 0 Å². The van der Waals surface area contributed by atoms with Gasteiger partial charge in [-0.25, -0.2) is 5.14 Å². The van der Waals surface area contributed by atoms with E-state index in [-0.39, 0.29) is 13.1 Å². The molecule has 0 aromatic heterocycles. The minimum atomic E-state index is -4.36. The molecule has 0 unspecified atom stereocenters. The summed E-state index contributed by atoms with van der Waals surface area (Å²) < 4.78 is 61.4. The van der Waals surface area contributed by atoms with Crippen molar-refractivity contribution in [2.75, 3.05) is 26.2 Å². The largest absolute Gasteiger partial charge is 0.416 e. The maximum absolute atomic E-state index is 12.6. The Kier molecular flexibility index (Phi) is 4.57. The number of benzene rings is 1. The minimum Gasteiger partial charge on any atom is -0.296 e. The number of alkyl halides is 3. The average Bonchev–Trinajstić information content (AvgIpc) is 2.37. The first kappa shape index (κ1) is 16.2. The number of nitrogens with zero attached hydrogens (tertiary/aromatic N) is 2. The zero-order valence-corrected chi connectivity index (χ0v) is 12.0. The molecule has 118 valence electrons. The van der Waals surface area contributed by atoms with E-state index in [9.17, 15) is 21.6 Å². The standard InChI is InChI=1S/C12H16F3N3O2S/c13-12(14,15)11-3-1-2-10(8-11)9-17-4-6-18(7-5-17)21(16,19)20/h1-3,8H,4-7,9H2,(H2,16,19,20). The zero-order chi connectivity index (χ0) is 15.7. The fourth-order valence-electron chi connectivity index (χ4n) is 2.25. The van der Waals surface area contributed by atoms with Crippen LogP contribution >= 0.6 is 0 Å². The van der Waals surface area contributed by atoms with Gasteiger partial charge in [0.25, 0.3) is 10.2 Å². The first-order valence-corrected chi connectivity index (χ1v) is 7.83.